The summed E-state index contributed by atoms with van der Waals surface area (Å²) in [6.07, 6.45) is 2.28. The SMILES string of the molecule is O=C(C1CCN1)N1CC2CC1CS2. The summed E-state index contributed by atoms with van der Waals surface area (Å²) in [4.78, 5) is 14.0. The van der Waals surface area contributed by atoms with E-state index in [1.807, 2.05) is 11.8 Å². The molecule has 0 aliphatic carbocycles. The first-order valence-electron chi connectivity index (χ1n) is 5.00. The van der Waals surface area contributed by atoms with Gasteiger partial charge in [0.1, 0.15) is 0 Å². The Bertz CT molecular complexity index is 242. The molecule has 0 aromatic rings. The lowest BCUT2D eigenvalue weighted by Gasteiger charge is -2.34. The largest absolute Gasteiger partial charge is 0.336 e. The van der Waals surface area contributed by atoms with Gasteiger partial charge in [0.25, 0.3) is 0 Å². The summed E-state index contributed by atoms with van der Waals surface area (Å²) >= 11 is 2.04. The highest BCUT2D eigenvalue weighted by molar-refractivity contribution is 8.00. The predicted molar refractivity (Wildman–Crippen MR) is 52.8 cm³/mol. The van der Waals surface area contributed by atoms with E-state index in [0.717, 1.165) is 24.8 Å². The highest BCUT2D eigenvalue weighted by Gasteiger charge is 2.43. The Morgan fingerprint density at radius 3 is 2.85 bits per heavy atom. The van der Waals surface area contributed by atoms with Gasteiger partial charge in [-0.3, -0.25) is 4.79 Å². The monoisotopic (exact) mass is 198 g/mol. The molecule has 13 heavy (non-hydrogen) atoms. The van der Waals surface area contributed by atoms with Crippen LogP contribution in [-0.2, 0) is 4.79 Å². The molecule has 1 amide bonds. The van der Waals surface area contributed by atoms with Crippen molar-refractivity contribution in [3.05, 3.63) is 0 Å². The molecule has 3 atom stereocenters. The van der Waals surface area contributed by atoms with E-state index in [2.05, 4.69) is 10.2 Å². The van der Waals surface area contributed by atoms with Crippen LogP contribution in [0.3, 0.4) is 0 Å². The summed E-state index contributed by atoms with van der Waals surface area (Å²) < 4.78 is 0. The van der Waals surface area contributed by atoms with E-state index in [9.17, 15) is 4.79 Å². The number of fused-ring (bicyclic) bond motifs is 2. The molecule has 1 N–H and O–H groups in total. The predicted octanol–water partition coefficient (Wildman–Crippen LogP) is 0.0646. The second-order valence-electron chi connectivity index (χ2n) is 4.13. The summed E-state index contributed by atoms with van der Waals surface area (Å²) in [5, 5.41) is 3.93. The number of nitrogens with zero attached hydrogens (tertiary/aromatic N) is 1. The van der Waals surface area contributed by atoms with Crippen molar-refractivity contribution >= 4 is 17.7 Å². The van der Waals surface area contributed by atoms with Gasteiger partial charge in [0.15, 0.2) is 0 Å². The van der Waals surface area contributed by atoms with Crippen molar-refractivity contribution in [1.29, 1.82) is 0 Å². The normalized spacial score (nSPS) is 42.2. The molecule has 0 aromatic carbocycles. The fraction of sp³-hybridized carbons (Fsp3) is 0.889. The number of rotatable bonds is 1. The molecule has 72 valence electrons. The Kier molecular flexibility index (Phi) is 1.80. The van der Waals surface area contributed by atoms with Crippen molar-refractivity contribution in [2.45, 2.75) is 30.2 Å². The van der Waals surface area contributed by atoms with E-state index >= 15 is 0 Å². The van der Waals surface area contributed by atoms with Crippen LogP contribution >= 0.6 is 11.8 Å². The number of thioether (sulfide) groups is 1. The Morgan fingerprint density at radius 1 is 1.54 bits per heavy atom. The van der Waals surface area contributed by atoms with Crippen LogP contribution in [-0.4, -0.2) is 47.0 Å². The molecule has 3 aliphatic rings. The first kappa shape index (κ1) is 8.12. The maximum Gasteiger partial charge on any atom is 0.240 e. The standard InChI is InChI=1S/C9H14N2OS/c12-9(8-1-2-10-8)11-4-7-3-6(11)5-13-7/h6-8,10H,1-5H2. The Morgan fingerprint density at radius 2 is 2.38 bits per heavy atom. The Balaban J connectivity index is 1.68. The zero-order valence-electron chi connectivity index (χ0n) is 7.53. The van der Waals surface area contributed by atoms with Crippen LogP contribution in [0.4, 0.5) is 0 Å². The van der Waals surface area contributed by atoms with E-state index in [-0.39, 0.29) is 6.04 Å². The van der Waals surface area contributed by atoms with E-state index in [0.29, 0.717) is 11.9 Å². The third-order valence-electron chi connectivity index (χ3n) is 3.31. The van der Waals surface area contributed by atoms with Gasteiger partial charge in [0, 0.05) is 23.6 Å². The quantitative estimate of drug-likeness (QED) is 0.647. The summed E-state index contributed by atoms with van der Waals surface area (Å²) in [7, 11) is 0. The van der Waals surface area contributed by atoms with Gasteiger partial charge in [-0.15, -0.1) is 0 Å². The number of likely N-dealkylation sites (tertiary alicyclic amines) is 1. The highest BCUT2D eigenvalue weighted by Crippen LogP contribution is 2.37. The summed E-state index contributed by atoms with van der Waals surface area (Å²) in [6, 6.07) is 0.717. The average molecular weight is 198 g/mol. The van der Waals surface area contributed by atoms with Crippen molar-refractivity contribution in [1.82, 2.24) is 10.2 Å². The minimum absolute atomic E-state index is 0.157. The van der Waals surface area contributed by atoms with Crippen molar-refractivity contribution in [2.75, 3.05) is 18.8 Å². The van der Waals surface area contributed by atoms with Gasteiger partial charge in [-0.25, -0.2) is 0 Å². The lowest BCUT2D eigenvalue weighted by Crippen LogP contribution is -2.56. The molecule has 0 saturated carbocycles. The molecule has 2 bridgehead atoms. The molecule has 3 rings (SSSR count). The zero-order chi connectivity index (χ0) is 8.84. The maximum atomic E-state index is 11.9. The lowest BCUT2D eigenvalue weighted by atomic mass is 10.1. The molecule has 3 heterocycles. The van der Waals surface area contributed by atoms with Gasteiger partial charge < -0.3 is 10.2 Å². The smallest absolute Gasteiger partial charge is 0.240 e. The number of amides is 1. The molecular weight excluding hydrogens is 184 g/mol. The molecule has 3 aliphatic heterocycles. The second kappa shape index (κ2) is 2.89. The van der Waals surface area contributed by atoms with Crippen LogP contribution in [0.15, 0.2) is 0 Å². The molecule has 3 unspecified atom stereocenters. The summed E-state index contributed by atoms with van der Waals surface area (Å²) in [5.41, 5.74) is 0. The first-order valence-corrected chi connectivity index (χ1v) is 6.05. The van der Waals surface area contributed by atoms with E-state index in [1.165, 1.54) is 12.2 Å². The fourth-order valence-corrected chi connectivity index (χ4v) is 3.80. The average Bonchev–Trinajstić information content (AvgIpc) is 2.59. The molecule has 0 spiro atoms. The van der Waals surface area contributed by atoms with Gasteiger partial charge in [-0.05, 0) is 19.4 Å². The summed E-state index contributed by atoms with van der Waals surface area (Å²) in [5.74, 6) is 1.53. The van der Waals surface area contributed by atoms with Gasteiger partial charge in [-0.1, -0.05) is 0 Å². The van der Waals surface area contributed by atoms with Crippen LogP contribution in [0.25, 0.3) is 0 Å². The molecule has 0 radical (unpaired) electrons. The minimum Gasteiger partial charge on any atom is -0.336 e. The van der Waals surface area contributed by atoms with Crippen LogP contribution in [0.5, 0.6) is 0 Å². The van der Waals surface area contributed by atoms with Gasteiger partial charge in [0.2, 0.25) is 5.91 Å². The lowest BCUT2D eigenvalue weighted by molar-refractivity contribution is -0.135. The number of carbonyl (C=O) groups excluding carboxylic acids is 1. The van der Waals surface area contributed by atoms with E-state index in [4.69, 9.17) is 0 Å². The highest BCUT2D eigenvalue weighted by atomic mass is 32.2. The van der Waals surface area contributed by atoms with Gasteiger partial charge in [-0.2, -0.15) is 11.8 Å². The molecular formula is C9H14N2OS. The number of hydrogen-bond donors (Lipinski definition) is 1. The third kappa shape index (κ3) is 1.19. The van der Waals surface area contributed by atoms with Crippen molar-refractivity contribution in [2.24, 2.45) is 0 Å². The third-order valence-corrected chi connectivity index (χ3v) is 4.70. The van der Waals surface area contributed by atoms with Crippen LogP contribution in [0.1, 0.15) is 12.8 Å². The van der Waals surface area contributed by atoms with Crippen molar-refractivity contribution < 1.29 is 4.79 Å². The number of hydrogen-bond acceptors (Lipinski definition) is 3. The van der Waals surface area contributed by atoms with Gasteiger partial charge in [0.05, 0.1) is 6.04 Å². The molecule has 4 heteroatoms. The van der Waals surface area contributed by atoms with Gasteiger partial charge >= 0.3 is 0 Å². The molecule has 3 saturated heterocycles. The zero-order valence-corrected chi connectivity index (χ0v) is 8.35. The van der Waals surface area contributed by atoms with Crippen LogP contribution in [0.2, 0.25) is 0 Å². The fourth-order valence-electron chi connectivity index (χ4n) is 2.37. The van der Waals surface area contributed by atoms with Crippen molar-refractivity contribution in [3.8, 4) is 0 Å². The molecule has 3 nitrogen and oxygen atoms in total. The van der Waals surface area contributed by atoms with E-state index < -0.39 is 0 Å². The number of carbonyl (C=O) groups is 1. The van der Waals surface area contributed by atoms with Crippen LogP contribution in [0, 0.1) is 0 Å². The Hall–Kier alpha value is -0.220. The summed E-state index contributed by atoms with van der Waals surface area (Å²) in [6.45, 7) is 2.03. The molecule has 3 fully saturated rings. The van der Waals surface area contributed by atoms with E-state index in [1.54, 1.807) is 0 Å². The first-order chi connectivity index (χ1) is 6.34. The van der Waals surface area contributed by atoms with Crippen molar-refractivity contribution in [3.63, 3.8) is 0 Å². The Labute approximate surface area is 82.2 Å². The topological polar surface area (TPSA) is 32.3 Å². The molecule has 0 aromatic heterocycles. The van der Waals surface area contributed by atoms with Crippen LogP contribution < -0.4 is 5.32 Å². The maximum absolute atomic E-state index is 11.9. The minimum atomic E-state index is 0.157. The number of nitrogens with one attached hydrogen (secondary N) is 1. The second-order valence-corrected chi connectivity index (χ2v) is 5.46.